The number of nitrogens with zero attached hydrogens (tertiary/aromatic N) is 3. The average molecular weight is 578 g/mol. The molecule has 0 spiro atoms. The van der Waals surface area contributed by atoms with Gasteiger partial charge in [0.05, 0.1) is 4.90 Å². The molecule has 0 amide bonds. The lowest BCUT2D eigenvalue weighted by molar-refractivity contribution is 0.145. The molecule has 0 unspecified atom stereocenters. The first kappa shape index (κ1) is 22.0. The molecule has 0 radical (unpaired) electrons. The van der Waals surface area contributed by atoms with E-state index in [-0.39, 0.29) is 5.56 Å². The van der Waals surface area contributed by atoms with Crippen molar-refractivity contribution in [2.75, 3.05) is 45.8 Å². The zero-order valence-corrected chi connectivity index (χ0v) is 21.4. The number of sulfonamides is 1. The molecule has 3 heterocycles. The molecule has 174 valence electrons. The van der Waals surface area contributed by atoms with Crippen LogP contribution >= 0.6 is 22.9 Å². The Morgan fingerprint density at radius 1 is 0.970 bits per heavy atom. The van der Waals surface area contributed by atoms with Crippen LogP contribution in [0, 0.1) is 5.92 Å². The molecule has 33 heavy (non-hydrogen) atoms. The first-order valence-electron chi connectivity index (χ1n) is 11.6. The van der Waals surface area contributed by atoms with Crippen molar-refractivity contribution in [2.24, 2.45) is 5.92 Å². The number of nitrogens with one attached hydrogen (secondary N) is 1. The predicted octanol–water partition coefficient (Wildman–Crippen LogP) is 2.95. The molecule has 0 saturated carbocycles. The van der Waals surface area contributed by atoms with Crippen molar-refractivity contribution in [3.8, 4) is 0 Å². The summed E-state index contributed by atoms with van der Waals surface area (Å²) in [6.45, 7) is 5.98. The standard InChI is InChI=1S/C24H27IN4O3S/c25-28-8-6-16(7-9-28)15-27-10-12-29(13-11-27)33(31,32)21-5-4-20-23-19(21)14-17-2-1-3-18(22(17)23)24(30)26-20/h1-5,16H,6-15H2,(H,26,30). The third-order valence-corrected chi connectivity index (χ3v) is 10.5. The van der Waals surface area contributed by atoms with Gasteiger partial charge in [0, 0.05) is 96.8 Å². The van der Waals surface area contributed by atoms with E-state index in [2.05, 4.69) is 35.9 Å². The summed E-state index contributed by atoms with van der Waals surface area (Å²) >= 11 is 2.40. The van der Waals surface area contributed by atoms with Gasteiger partial charge in [0.15, 0.2) is 0 Å². The lowest BCUT2D eigenvalue weighted by atomic mass is 9.97. The molecule has 1 aliphatic carbocycles. The van der Waals surface area contributed by atoms with Gasteiger partial charge in [0.25, 0.3) is 5.56 Å². The Bertz CT molecular complexity index is 1400. The zero-order chi connectivity index (χ0) is 22.7. The van der Waals surface area contributed by atoms with E-state index < -0.39 is 10.0 Å². The van der Waals surface area contributed by atoms with Crippen LogP contribution in [0.5, 0.6) is 0 Å². The highest BCUT2D eigenvalue weighted by molar-refractivity contribution is 14.1. The summed E-state index contributed by atoms with van der Waals surface area (Å²) in [5.74, 6) is 0.712. The summed E-state index contributed by atoms with van der Waals surface area (Å²) in [5, 5.41) is 2.43. The largest absolute Gasteiger partial charge is 0.321 e. The van der Waals surface area contributed by atoms with Crippen molar-refractivity contribution in [3.05, 3.63) is 51.8 Å². The van der Waals surface area contributed by atoms with Crippen LogP contribution in [0.4, 0.5) is 0 Å². The molecule has 7 nitrogen and oxygen atoms in total. The van der Waals surface area contributed by atoms with E-state index in [1.54, 1.807) is 16.4 Å². The van der Waals surface area contributed by atoms with Gasteiger partial charge in [-0.2, -0.15) is 4.31 Å². The van der Waals surface area contributed by atoms with Gasteiger partial charge in [-0.1, -0.05) is 12.1 Å². The van der Waals surface area contributed by atoms with Gasteiger partial charge < -0.3 is 9.88 Å². The first-order valence-corrected chi connectivity index (χ1v) is 14.0. The van der Waals surface area contributed by atoms with Gasteiger partial charge in [-0.3, -0.25) is 4.79 Å². The molecule has 9 heteroatoms. The number of piperidine rings is 1. The minimum absolute atomic E-state index is 0.122. The second kappa shape index (κ2) is 8.30. The van der Waals surface area contributed by atoms with E-state index in [1.807, 2.05) is 18.2 Å². The summed E-state index contributed by atoms with van der Waals surface area (Å²) < 4.78 is 31.5. The van der Waals surface area contributed by atoms with E-state index >= 15 is 0 Å². The molecule has 1 aromatic heterocycles. The maximum absolute atomic E-state index is 13.7. The number of halogens is 1. The number of aromatic nitrogens is 1. The van der Waals surface area contributed by atoms with Crippen LogP contribution in [-0.4, -0.2) is 71.5 Å². The van der Waals surface area contributed by atoms with Crippen LogP contribution < -0.4 is 5.56 Å². The summed E-state index contributed by atoms with van der Waals surface area (Å²) in [6.07, 6.45) is 2.99. The quantitative estimate of drug-likeness (QED) is 0.229. The Morgan fingerprint density at radius 3 is 2.48 bits per heavy atom. The van der Waals surface area contributed by atoms with Crippen LogP contribution in [0.3, 0.4) is 0 Å². The highest BCUT2D eigenvalue weighted by Gasteiger charge is 2.33. The lowest BCUT2D eigenvalue weighted by Gasteiger charge is -2.37. The maximum atomic E-state index is 13.7. The monoisotopic (exact) mass is 578 g/mol. The van der Waals surface area contributed by atoms with Gasteiger partial charge in [-0.15, -0.1) is 0 Å². The Labute approximate surface area is 207 Å². The van der Waals surface area contributed by atoms with Crippen molar-refractivity contribution in [1.29, 1.82) is 0 Å². The normalized spacial score (nSPS) is 21.0. The highest BCUT2D eigenvalue weighted by atomic mass is 127. The molecule has 3 aromatic rings. The molecule has 2 aliphatic heterocycles. The molecule has 2 fully saturated rings. The van der Waals surface area contributed by atoms with Crippen molar-refractivity contribution in [2.45, 2.75) is 24.2 Å². The average Bonchev–Trinajstić information content (AvgIpc) is 3.20. The summed E-state index contributed by atoms with van der Waals surface area (Å²) in [7, 11) is -3.60. The van der Waals surface area contributed by atoms with E-state index in [1.165, 1.54) is 12.8 Å². The highest BCUT2D eigenvalue weighted by Crippen LogP contribution is 2.39. The van der Waals surface area contributed by atoms with Gasteiger partial charge in [0.1, 0.15) is 0 Å². The number of pyridine rings is 1. The van der Waals surface area contributed by atoms with Crippen LogP contribution in [0.2, 0.25) is 0 Å². The molecule has 1 N–H and O–H groups in total. The lowest BCUT2D eigenvalue weighted by Crippen LogP contribution is -2.50. The van der Waals surface area contributed by atoms with E-state index in [0.717, 1.165) is 54.6 Å². The smallest absolute Gasteiger partial charge is 0.256 e. The van der Waals surface area contributed by atoms with Crippen molar-refractivity contribution < 1.29 is 8.42 Å². The molecule has 0 atom stereocenters. The predicted molar refractivity (Wildman–Crippen MR) is 138 cm³/mol. The number of rotatable bonds is 4. The van der Waals surface area contributed by atoms with Crippen molar-refractivity contribution >= 4 is 54.6 Å². The van der Waals surface area contributed by atoms with Gasteiger partial charge in [-0.05, 0) is 48.1 Å². The molecule has 2 saturated heterocycles. The van der Waals surface area contributed by atoms with Gasteiger partial charge in [0.2, 0.25) is 10.0 Å². The molecule has 3 aliphatic rings. The summed E-state index contributed by atoms with van der Waals surface area (Å²) in [4.78, 5) is 18.3. The molecule has 0 bridgehead atoms. The fourth-order valence-electron chi connectivity index (χ4n) is 5.79. The minimum Gasteiger partial charge on any atom is -0.321 e. The fraction of sp³-hybridized carbons (Fsp3) is 0.458. The van der Waals surface area contributed by atoms with Crippen molar-refractivity contribution in [1.82, 2.24) is 17.3 Å². The summed E-state index contributed by atoms with van der Waals surface area (Å²) in [6, 6.07) is 9.13. The van der Waals surface area contributed by atoms with E-state index in [0.29, 0.717) is 41.2 Å². The first-order chi connectivity index (χ1) is 15.9. The van der Waals surface area contributed by atoms with Crippen LogP contribution in [0.15, 0.2) is 40.0 Å². The third-order valence-electron chi connectivity index (χ3n) is 7.56. The summed E-state index contributed by atoms with van der Waals surface area (Å²) in [5.41, 5.74) is 2.45. The number of hydrogen-bond donors (Lipinski definition) is 1. The molecule has 6 rings (SSSR count). The number of hydrogen-bond acceptors (Lipinski definition) is 5. The second-order valence-corrected chi connectivity index (χ2v) is 12.8. The number of H-pyrrole nitrogens is 1. The topological polar surface area (TPSA) is 76.7 Å². The molecular weight excluding hydrogens is 551 g/mol. The molecule has 2 aromatic carbocycles. The Balaban J connectivity index is 1.26. The van der Waals surface area contributed by atoms with Crippen LogP contribution in [-0.2, 0) is 16.4 Å². The van der Waals surface area contributed by atoms with Crippen LogP contribution in [0.1, 0.15) is 24.0 Å². The van der Waals surface area contributed by atoms with Gasteiger partial charge >= 0.3 is 0 Å². The second-order valence-electron chi connectivity index (χ2n) is 9.49. The van der Waals surface area contributed by atoms with Crippen molar-refractivity contribution in [3.63, 3.8) is 0 Å². The molecular formula is C24H27IN4O3S. The minimum atomic E-state index is -3.60. The Hall–Kier alpha value is -1.53. The Kier molecular flexibility index (Phi) is 5.52. The van der Waals surface area contributed by atoms with E-state index in [4.69, 9.17) is 0 Å². The Morgan fingerprint density at radius 2 is 1.73 bits per heavy atom. The number of aromatic amines is 1. The van der Waals surface area contributed by atoms with E-state index in [9.17, 15) is 13.2 Å². The zero-order valence-electron chi connectivity index (χ0n) is 18.4. The third kappa shape index (κ3) is 3.72. The fourth-order valence-corrected chi connectivity index (χ4v) is 7.99. The van der Waals surface area contributed by atoms with Crippen LogP contribution in [0.25, 0.3) is 21.7 Å². The number of piperazine rings is 1. The number of benzene rings is 2. The SMILES string of the molecule is O=c1[nH]c2ccc(S(=O)(=O)N3CCN(CC4CCN(I)CC4)CC3)c3c2c2c(cccc12)C3. The van der Waals surface area contributed by atoms with Gasteiger partial charge in [-0.25, -0.2) is 11.5 Å². The maximum Gasteiger partial charge on any atom is 0.256 e.